The monoisotopic (exact) mass is 337 g/mol. The van der Waals surface area contributed by atoms with Crippen molar-refractivity contribution in [1.82, 2.24) is 9.80 Å². The van der Waals surface area contributed by atoms with Crippen LogP contribution in [0.2, 0.25) is 5.02 Å². The van der Waals surface area contributed by atoms with E-state index in [9.17, 15) is 5.11 Å². The Kier molecular flexibility index (Phi) is 6.17. The van der Waals surface area contributed by atoms with E-state index in [0.717, 1.165) is 63.7 Å². The summed E-state index contributed by atoms with van der Waals surface area (Å²) < 4.78 is 0. The zero-order valence-electron chi connectivity index (χ0n) is 13.8. The SMILES string of the molecule is OC1CCCCN1CCCN1CCN(c2ccc(Cl)cc2)CC1. The van der Waals surface area contributed by atoms with Gasteiger partial charge in [-0.15, -0.1) is 0 Å². The van der Waals surface area contributed by atoms with E-state index in [0.29, 0.717) is 0 Å². The summed E-state index contributed by atoms with van der Waals surface area (Å²) in [7, 11) is 0. The summed E-state index contributed by atoms with van der Waals surface area (Å²) in [6.45, 7) is 7.61. The summed E-state index contributed by atoms with van der Waals surface area (Å²) in [4.78, 5) is 7.22. The molecule has 0 aliphatic carbocycles. The van der Waals surface area contributed by atoms with Gasteiger partial charge < -0.3 is 10.0 Å². The highest BCUT2D eigenvalue weighted by Gasteiger charge is 2.20. The molecule has 0 saturated carbocycles. The van der Waals surface area contributed by atoms with Crippen molar-refractivity contribution in [2.24, 2.45) is 0 Å². The molecule has 1 atom stereocenters. The fraction of sp³-hybridized carbons (Fsp3) is 0.667. The van der Waals surface area contributed by atoms with Crippen LogP contribution in [0.1, 0.15) is 25.7 Å². The molecule has 2 aliphatic heterocycles. The van der Waals surface area contributed by atoms with Crippen LogP contribution in [0.3, 0.4) is 0 Å². The molecule has 0 radical (unpaired) electrons. The van der Waals surface area contributed by atoms with Crippen molar-refractivity contribution in [2.75, 3.05) is 50.7 Å². The predicted octanol–water partition coefficient (Wildman–Crippen LogP) is 2.66. The van der Waals surface area contributed by atoms with Gasteiger partial charge in [0.25, 0.3) is 0 Å². The van der Waals surface area contributed by atoms with Gasteiger partial charge in [0.05, 0.1) is 0 Å². The molecule has 2 aliphatic rings. The number of rotatable bonds is 5. The van der Waals surface area contributed by atoms with Crippen LogP contribution < -0.4 is 4.90 Å². The third-order valence-electron chi connectivity index (χ3n) is 5.06. The van der Waals surface area contributed by atoms with Gasteiger partial charge in [-0.2, -0.15) is 0 Å². The number of aliphatic hydroxyl groups is 1. The lowest BCUT2D eigenvalue weighted by Gasteiger charge is -2.37. The summed E-state index contributed by atoms with van der Waals surface area (Å²) in [5.41, 5.74) is 1.27. The lowest BCUT2D eigenvalue weighted by atomic mass is 10.1. The molecule has 1 aromatic rings. The zero-order chi connectivity index (χ0) is 16.1. The fourth-order valence-electron chi connectivity index (χ4n) is 3.61. The first kappa shape index (κ1) is 17.0. The molecule has 1 aromatic carbocycles. The van der Waals surface area contributed by atoms with E-state index in [4.69, 9.17) is 11.6 Å². The van der Waals surface area contributed by atoms with Crippen LogP contribution >= 0.6 is 11.6 Å². The maximum absolute atomic E-state index is 9.98. The van der Waals surface area contributed by atoms with Gasteiger partial charge in [-0.1, -0.05) is 11.6 Å². The maximum atomic E-state index is 9.98. The number of halogens is 1. The van der Waals surface area contributed by atoms with E-state index in [1.165, 1.54) is 18.5 Å². The second kappa shape index (κ2) is 8.34. The Morgan fingerprint density at radius 2 is 1.70 bits per heavy atom. The third kappa shape index (κ3) is 4.83. The molecule has 0 aromatic heterocycles. The highest BCUT2D eigenvalue weighted by Crippen LogP contribution is 2.20. The Bertz CT molecular complexity index is 474. The van der Waals surface area contributed by atoms with Crippen molar-refractivity contribution >= 4 is 17.3 Å². The van der Waals surface area contributed by atoms with Crippen LogP contribution in [0.5, 0.6) is 0 Å². The van der Waals surface area contributed by atoms with Crippen LogP contribution in [0.4, 0.5) is 5.69 Å². The first-order valence-electron chi connectivity index (χ1n) is 8.87. The second-order valence-electron chi connectivity index (χ2n) is 6.67. The minimum atomic E-state index is -0.203. The summed E-state index contributed by atoms with van der Waals surface area (Å²) in [6.07, 6.45) is 4.30. The average molecular weight is 338 g/mol. The van der Waals surface area contributed by atoms with Crippen LogP contribution in [-0.4, -0.2) is 66.9 Å². The summed E-state index contributed by atoms with van der Waals surface area (Å²) in [5, 5.41) is 10.8. The lowest BCUT2D eigenvalue weighted by molar-refractivity contribution is -0.0252. The Balaban J connectivity index is 1.37. The smallest absolute Gasteiger partial charge is 0.107 e. The Morgan fingerprint density at radius 1 is 0.957 bits per heavy atom. The summed E-state index contributed by atoms with van der Waals surface area (Å²) in [6, 6.07) is 8.14. The lowest BCUT2D eigenvalue weighted by Crippen LogP contribution is -2.47. The molecule has 0 amide bonds. The Labute approximate surface area is 144 Å². The molecule has 2 fully saturated rings. The second-order valence-corrected chi connectivity index (χ2v) is 7.11. The molecule has 1 unspecified atom stereocenters. The molecule has 1 N–H and O–H groups in total. The molecule has 0 spiro atoms. The fourth-order valence-corrected chi connectivity index (χ4v) is 3.74. The van der Waals surface area contributed by atoms with Crippen molar-refractivity contribution < 1.29 is 5.11 Å². The van der Waals surface area contributed by atoms with Gasteiger partial charge >= 0.3 is 0 Å². The third-order valence-corrected chi connectivity index (χ3v) is 5.31. The first-order chi connectivity index (χ1) is 11.2. The molecular weight excluding hydrogens is 310 g/mol. The van der Waals surface area contributed by atoms with E-state index in [-0.39, 0.29) is 6.23 Å². The van der Waals surface area contributed by atoms with Gasteiger partial charge in [-0.3, -0.25) is 9.80 Å². The van der Waals surface area contributed by atoms with E-state index in [2.05, 4.69) is 26.8 Å². The molecule has 3 rings (SSSR count). The number of benzene rings is 1. The minimum absolute atomic E-state index is 0.203. The molecular formula is C18H28ClN3O. The highest BCUT2D eigenvalue weighted by molar-refractivity contribution is 6.30. The number of piperazine rings is 1. The van der Waals surface area contributed by atoms with Crippen molar-refractivity contribution in [3.8, 4) is 0 Å². The van der Waals surface area contributed by atoms with Gasteiger partial charge in [-0.05, 0) is 56.5 Å². The Hall–Kier alpha value is -0.810. The largest absolute Gasteiger partial charge is 0.378 e. The molecule has 4 nitrogen and oxygen atoms in total. The number of aliphatic hydroxyl groups excluding tert-OH is 1. The quantitative estimate of drug-likeness (QED) is 0.894. The molecule has 128 valence electrons. The van der Waals surface area contributed by atoms with Crippen molar-refractivity contribution in [2.45, 2.75) is 31.9 Å². The molecule has 23 heavy (non-hydrogen) atoms. The van der Waals surface area contributed by atoms with Gasteiger partial charge in [0.1, 0.15) is 6.23 Å². The number of anilines is 1. The minimum Gasteiger partial charge on any atom is -0.378 e. The molecule has 0 bridgehead atoms. The van der Waals surface area contributed by atoms with Gasteiger partial charge in [0, 0.05) is 50.0 Å². The van der Waals surface area contributed by atoms with E-state index in [1.54, 1.807) is 0 Å². The number of hydrogen-bond donors (Lipinski definition) is 1. The van der Waals surface area contributed by atoms with Gasteiger partial charge in [-0.25, -0.2) is 0 Å². The normalized spacial score (nSPS) is 24.1. The summed E-state index contributed by atoms with van der Waals surface area (Å²) in [5.74, 6) is 0. The number of likely N-dealkylation sites (tertiary alicyclic amines) is 1. The standard InChI is InChI=1S/C18H28ClN3O/c19-16-5-7-17(8-6-16)21-14-12-20(13-15-21)9-3-11-22-10-2-1-4-18(22)23/h5-8,18,23H,1-4,9-15H2. The topological polar surface area (TPSA) is 30.0 Å². The van der Waals surface area contributed by atoms with Crippen LogP contribution in [0, 0.1) is 0 Å². The van der Waals surface area contributed by atoms with Crippen molar-refractivity contribution in [1.29, 1.82) is 0 Å². The predicted molar refractivity (Wildman–Crippen MR) is 96.2 cm³/mol. The first-order valence-corrected chi connectivity index (χ1v) is 9.25. The van der Waals surface area contributed by atoms with E-state index in [1.807, 2.05) is 12.1 Å². The summed E-state index contributed by atoms with van der Waals surface area (Å²) >= 11 is 5.96. The molecule has 5 heteroatoms. The van der Waals surface area contributed by atoms with Crippen molar-refractivity contribution in [3.05, 3.63) is 29.3 Å². The number of hydrogen-bond acceptors (Lipinski definition) is 4. The van der Waals surface area contributed by atoms with Gasteiger partial charge in [0.2, 0.25) is 0 Å². The zero-order valence-corrected chi connectivity index (χ0v) is 14.6. The average Bonchev–Trinajstić information content (AvgIpc) is 2.58. The molecule has 2 saturated heterocycles. The van der Waals surface area contributed by atoms with Crippen LogP contribution in [-0.2, 0) is 0 Å². The van der Waals surface area contributed by atoms with Gasteiger partial charge in [0.15, 0.2) is 0 Å². The van der Waals surface area contributed by atoms with Crippen LogP contribution in [0.25, 0.3) is 0 Å². The van der Waals surface area contributed by atoms with Crippen molar-refractivity contribution in [3.63, 3.8) is 0 Å². The van der Waals surface area contributed by atoms with E-state index < -0.39 is 0 Å². The molecule has 2 heterocycles. The maximum Gasteiger partial charge on any atom is 0.107 e. The Morgan fingerprint density at radius 3 is 2.39 bits per heavy atom. The van der Waals surface area contributed by atoms with E-state index >= 15 is 0 Å². The van der Waals surface area contributed by atoms with Crippen LogP contribution in [0.15, 0.2) is 24.3 Å². The highest BCUT2D eigenvalue weighted by atomic mass is 35.5. The number of nitrogens with zero attached hydrogens (tertiary/aromatic N) is 3. The number of piperidine rings is 1.